The van der Waals surface area contributed by atoms with Crippen molar-refractivity contribution in [3.05, 3.63) is 89.5 Å². The smallest absolute Gasteiger partial charge is 0.308 e. The van der Waals surface area contributed by atoms with Crippen LogP contribution in [0.25, 0.3) is 22.4 Å². The first-order chi connectivity index (χ1) is 16.8. The highest BCUT2D eigenvalue weighted by molar-refractivity contribution is 5.98. The van der Waals surface area contributed by atoms with Gasteiger partial charge in [0.2, 0.25) is 0 Å². The monoisotopic (exact) mass is 469 g/mol. The average Bonchev–Trinajstić information content (AvgIpc) is 3.20. The fourth-order valence-electron chi connectivity index (χ4n) is 4.01. The SMILES string of the molecule is Cn1c(-c2ccc(C(=N)N)cc2)nc2cc(C(=O)NCC(CCc3ccccc3)C(=O)O)ccc21. The minimum atomic E-state index is -0.929. The highest BCUT2D eigenvalue weighted by Crippen LogP contribution is 2.25. The molecular weight excluding hydrogens is 442 g/mol. The Morgan fingerprint density at radius 3 is 2.40 bits per heavy atom. The molecule has 1 atom stereocenters. The predicted molar refractivity (Wildman–Crippen MR) is 135 cm³/mol. The van der Waals surface area contributed by atoms with Gasteiger partial charge >= 0.3 is 5.97 Å². The quantitative estimate of drug-likeness (QED) is 0.220. The van der Waals surface area contributed by atoms with Crippen molar-refractivity contribution in [3.8, 4) is 11.4 Å². The topological polar surface area (TPSA) is 134 Å². The number of carboxylic acids is 1. The number of benzene rings is 3. The van der Waals surface area contributed by atoms with E-state index in [4.69, 9.17) is 16.1 Å². The highest BCUT2D eigenvalue weighted by Gasteiger charge is 2.19. The molecular formula is C27H27N5O3. The summed E-state index contributed by atoms with van der Waals surface area (Å²) in [5.41, 5.74) is 10.0. The number of aryl methyl sites for hydroxylation is 2. The molecule has 1 aromatic heterocycles. The summed E-state index contributed by atoms with van der Waals surface area (Å²) in [7, 11) is 1.90. The number of fused-ring (bicyclic) bond motifs is 1. The van der Waals surface area contributed by atoms with E-state index in [1.165, 1.54) is 0 Å². The van der Waals surface area contributed by atoms with Crippen molar-refractivity contribution < 1.29 is 14.7 Å². The Kier molecular flexibility index (Phi) is 6.91. The molecule has 8 heteroatoms. The van der Waals surface area contributed by atoms with Crippen molar-refractivity contribution >= 4 is 28.7 Å². The number of aromatic nitrogens is 2. The number of nitrogens with two attached hydrogens (primary N) is 1. The van der Waals surface area contributed by atoms with Gasteiger partial charge in [-0.05, 0) is 36.6 Å². The van der Waals surface area contributed by atoms with Crippen molar-refractivity contribution in [1.29, 1.82) is 5.41 Å². The summed E-state index contributed by atoms with van der Waals surface area (Å²) in [6.45, 7) is 0.0506. The Morgan fingerprint density at radius 1 is 1.06 bits per heavy atom. The molecule has 3 aromatic carbocycles. The molecule has 0 aliphatic heterocycles. The van der Waals surface area contributed by atoms with Gasteiger partial charge < -0.3 is 20.7 Å². The zero-order chi connectivity index (χ0) is 24.9. The molecule has 1 amide bonds. The van der Waals surface area contributed by atoms with Gasteiger partial charge in [0, 0.05) is 30.3 Å². The maximum absolute atomic E-state index is 12.8. The zero-order valence-electron chi connectivity index (χ0n) is 19.4. The van der Waals surface area contributed by atoms with Gasteiger partial charge in [-0.1, -0.05) is 54.6 Å². The van der Waals surface area contributed by atoms with Crippen LogP contribution in [0.2, 0.25) is 0 Å². The lowest BCUT2D eigenvalue weighted by Gasteiger charge is -2.13. The molecule has 0 spiro atoms. The summed E-state index contributed by atoms with van der Waals surface area (Å²) in [5, 5.41) is 19.9. The van der Waals surface area contributed by atoms with Crippen molar-refractivity contribution in [2.24, 2.45) is 18.7 Å². The standard InChI is InChI=1S/C27H27N5O3/c1-32-23-14-13-20(15-22(23)31-25(32)19-11-9-18(10-12-19)24(28)29)26(33)30-16-21(27(34)35)8-7-17-5-3-2-4-6-17/h2-6,9-15,21H,7-8,16H2,1H3,(H3,28,29)(H,30,33)(H,34,35). The van der Waals surface area contributed by atoms with E-state index in [1.54, 1.807) is 24.3 Å². The van der Waals surface area contributed by atoms with Gasteiger partial charge in [-0.25, -0.2) is 4.98 Å². The molecule has 4 aromatic rings. The first kappa shape index (κ1) is 23.7. The van der Waals surface area contributed by atoms with E-state index in [1.807, 2.05) is 60.1 Å². The number of hydrogen-bond acceptors (Lipinski definition) is 4. The lowest BCUT2D eigenvalue weighted by molar-refractivity contribution is -0.141. The number of aliphatic carboxylic acids is 1. The number of imidazole rings is 1. The minimum absolute atomic E-state index is 0.00223. The van der Waals surface area contributed by atoms with Crippen molar-refractivity contribution in [3.63, 3.8) is 0 Å². The highest BCUT2D eigenvalue weighted by atomic mass is 16.4. The Balaban J connectivity index is 1.46. The van der Waals surface area contributed by atoms with Gasteiger partial charge in [-0.3, -0.25) is 15.0 Å². The van der Waals surface area contributed by atoms with Gasteiger partial charge in [-0.15, -0.1) is 0 Å². The summed E-state index contributed by atoms with van der Waals surface area (Å²) in [4.78, 5) is 29.2. The summed E-state index contributed by atoms with van der Waals surface area (Å²) >= 11 is 0. The van der Waals surface area contributed by atoms with E-state index >= 15 is 0 Å². The van der Waals surface area contributed by atoms with E-state index in [-0.39, 0.29) is 18.3 Å². The molecule has 4 rings (SSSR count). The first-order valence-corrected chi connectivity index (χ1v) is 11.3. The predicted octanol–water partition coefficient (Wildman–Crippen LogP) is 3.59. The fraction of sp³-hybridized carbons (Fsp3) is 0.185. The molecule has 178 valence electrons. The van der Waals surface area contributed by atoms with Crippen LogP contribution in [-0.2, 0) is 18.3 Å². The number of rotatable bonds is 9. The molecule has 35 heavy (non-hydrogen) atoms. The number of hydrogen-bond donors (Lipinski definition) is 4. The molecule has 0 bridgehead atoms. The fourth-order valence-corrected chi connectivity index (χ4v) is 4.01. The van der Waals surface area contributed by atoms with Crippen molar-refractivity contribution in [2.45, 2.75) is 12.8 Å². The third kappa shape index (κ3) is 5.38. The van der Waals surface area contributed by atoms with Gasteiger partial charge in [0.25, 0.3) is 5.91 Å². The molecule has 0 aliphatic carbocycles. The van der Waals surface area contributed by atoms with Crippen LogP contribution in [-0.4, -0.2) is 38.9 Å². The van der Waals surface area contributed by atoms with E-state index in [9.17, 15) is 14.7 Å². The molecule has 0 aliphatic rings. The largest absolute Gasteiger partial charge is 0.481 e. The number of carbonyl (C=O) groups excluding carboxylic acids is 1. The normalized spacial score (nSPS) is 11.8. The average molecular weight is 470 g/mol. The Bertz CT molecular complexity index is 1380. The van der Waals surface area contributed by atoms with Gasteiger partial charge in [-0.2, -0.15) is 0 Å². The number of amides is 1. The molecule has 1 heterocycles. The summed E-state index contributed by atoms with van der Waals surface area (Å²) in [6, 6.07) is 22.2. The van der Waals surface area contributed by atoms with Crippen LogP contribution < -0.4 is 11.1 Å². The number of carboxylic acid groups (broad SMARTS) is 1. The van der Waals surface area contributed by atoms with Crippen molar-refractivity contribution in [1.82, 2.24) is 14.9 Å². The number of amidine groups is 1. The third-order valence-corrected chi connectivity index (χ3v) is 6.08. The molecule has 1 unspecified atom stereocenters. The van der Waals surface area contributed by atoms with Gasteiger partial charge in [0.1, 0.15) is 11.7 Å². The minimum Gasteiger partial charge on any atom is -0.481 e. The van der Waals surface area contributed by atoms with E-state index in [2.05, 4.69) is 5.32 Å². The zero-order valence-corrected chi connectivity index (χ0v) is 19.4. The number of nitrogens with zero attached hydrogens (tertiary/aromatic N) is 2. The second-order valence-corrected chi connectivity index (χ2v) is 8.46. The van der Waals surface area contributed by atoms with Crippen LogP contribution in [0.15, 0.2) is 72.8 Å². The Morgan fingerprint density at radius 2 is 1.74 bits per heavy atom. The molecule has 0 saturated heterocycles. The summed E-state index contributed by atoms with van der Waals surface area (Å²) < 4.78 is 1.93. The lowest BCUT2D eigenvalue weighted by Crippen LogP contribution is -2.33. The van der Waals surface area contributed by atoms with Crippen LogP contribution in [0.5, 0.6) is 0 Å². The third-order valence-electron chi connectivity index (χ3n) is 6.08. The van der Waals surface area contributed by atoms with Crippen LogP contribution in [0.3, 0.4) is 0 Å². The summed E-state index contributed by atoms with van der Waals surface area (Å²) in [6.07, 6.45) is 1.06. The first-order valence-electron chi connectivity index (χ1n) is 11.3. The molecule has 0 radical (unpaired) electrons. The van der Waals surface area contributed by atoms with E-state index < -0.39 is 11.9 Å². The maximum atomic E-state index is 12.8. The number of nitrogen functional groups attached to an aromatic ring is 1. The second-order valence-electron chi connectivity index (χ2n) is 8.46. The summed E-state index contributed by atoms with van der Waals surface area (Å²) in [5.74, 6) is -1.22. The van der Waals surface area contributed by atoms with E-state index in [0.29, 0.717) is 29.5 Å². The van der Waals surface area contributed by atoms with Crippen LogP contribution >= 0.6 is 0 Å². The van der Waals surface area contributed by atoms with Crippen molar-refractivity contribution in [2.75, 3.05) is 6.54 Å². The molecule has 0 saturated carbocycles. The van der Waals surface area contributed by atoms with Gasteiger partial charge in [0.05, 0.1) is 17.0 Å². The molecule has 0 fully saturated rings. The second kappa shape index (κ2) is 10.2. The lowest BCUT2D eigenvalue weighted by atomic mass is 9.99. The molecule has 5 N–H and O–H groups in total. The van der Waals surface area contributed by atoms with Crippen LogP contribution in [0.1, 0.15) is 27.9 Å². The van der Waals surface area contributed by atoms with Gasteiger partial charge in [0.15, 0.2) is 0 Å². The Labute approximate surface area is 202 Å². The Hall–Kier alpha value is -4.46. The van der Waals surface area contributed by atoms with Crippen LogP contribution in [0.4, 0.5) is 0 Å². The number of nitrogens with one attached hydrogen (secondary N) is 2. The van der Waals surface area contributed by atoms with E-state index in [0.717, 1.165) is 22.5 Å². The number of carbonyl (C=O) groups is 2. The van der Waals surface area contributed by atoms with Crippen LogP contribution in [0, 0.1) is 11.3 Å². The maximum Gasteiger partial charge on any atom is 0.308 e. The molecule has 8 nitrogen and oxygen atoms in total.